The maximum atomic E-state index is 12.3. The first-order valence-electron chi connectivity index (χ1n) is 9.93. The Morgan fingerprint density at radius 2 is 1.73 bits per heavy atom. The van der Waals surface area contributed by atoms with Crippen molar-refractivity contribution in [1.82, 2.24) is 15.1 Å². The van der Waals surface area contributed by atoms with E-state index in [1.54, 1.807) is 12.1 Å². The largest absolute Gasteiger partial charge is 0.452 e. The minimum absolute atomic E-state index is 0.317. The van der Waals surface area contributed by atoms with Gasteiger partial charge in [0.15, 0.2) is 6.61 Å². The number of aryl methyl sites for hydroxylation is 2. The zero-order valence-corrected chi connectivity index (χ0v) is 17.9. The first kappa shape index (κ1) is 21.3. The number of ether oxygens (including phenoxy) is 1. The third kappa shape index (κ3) is 4.95. The fourth-order valence-corrected chi connectivity index (χ4v) is 3.32. The number of carbonyl (C=O) groups excluding carboxylic acids is 2. The van der Waals surface area contributed by atoms with Crippen LogP contribution in [0, 0.1) is 27.7 Å². The van der Waals surface area contributed by atoms with E-state index in [1.807, 2.05) is 56.6 Å². The van der Waals surface area contributed by atoms with Crippen LogP contribution in [0.4, 0.5) is 0 Å². The Hall–Kier alpha value is -3.41. The summed E-state index contributed by atoms with van der Waals surface area (Å²) in [5.74, 6) is -0.836. The number of carbonyl (C=O) groups is 2. The second kappa shape index (κ2) is 9.39. The van der Waals surface area contributed by atoms with E-state index in [1.165, 1.54) is 0 Å². The minimum Gasteiger partial charge on any atom is -0.452 e. The van der Waals surface area contributed by atoms with Gasteiger partial charge in [0, 0.05) is 17.8 Å². The lowest BCUT2D eigenvalue weighted by molar-refractivity contribution is -0.124. The summed E-state index contributed by atoms with van der Waals surface area (Å²) in [5.41, 5.74) is 6.36. The third-order valence-corrected chi connectivity index (χ3v) is 5.33. The molecule has 30 heavy (non-hydrogen) atoms. The van der Waals surface area contributed by atoms with Crippen LogP contribution in [-0.4, -0.2) is 28.3 Å². The van der Waals surface area contributed by atoms with Crippen LogP contribution in [0.2, 0.25) is 0 Å². The van der Waals surface area contributed by atoms with Crippen LogP contribution in [0.1, 0.15) is 44.0 Å². The molecule has 3 rings (SSSR count). The number of rotatable bonds is 7. The molecule has 0 radical (unpaired) electrons. The molecule has 0 aliphatic carbocycles. The molecule has 1 amide bonds. The van der Waals surface area contributed by atoms with E-state index in [9.17, 15) is 9.59 Å². The fourth-order valence-electron chi connectivity index (χ4n) is 3.32. The number of aromatic nitrogens is 2. The summed E-state index contributed by atoms with van der Waals surface area (Å²) >= 11 is 0. The number of nitrogens with one attached hydrogen (secondary N) is 1. The van der Waals surface area contributed by atoms with Gasteiger partial charge in [0.1, 0.15) is 0 Å². The third-order valence-electron chi connectivity index (χ3n) is 5.33. The van der Waals surface area contributed by atoms with Crippen molar-refractivity contribution in [3.8, 4) is 0 Å². The van der Waals surface area contributed by atoms with Crippen molar-refractivity contribution in [3.63, 3.8) is 0 Å². The van der Waals surface area contributed by atoms with Crippen LogP contribution in [-0.2, 0) is 22.6 Å². The number of amides is 1. The summed E-state index contributed by atoms with van der Waals surface area (Å²) in [5, 5.41) is 7.42. The highest BCUT2D eigenvalue weighted by atomic mass is 16.5. The number of hydrogen-bond acceptors (Lipinski definition) is 4. The SMILES string of the molecule is Cc1cccc(C(=O)OCC(=O)NCc2c(C)nn(Cc3ccccc3)c2C)c1C. The van der Waals surface area contributed by atoms with Gasteiger partial charge in [-0.1, -0.05) is 42.5 Å². The zero-order valence-electron chi connectivity index (χ0n) is 17.9. The van der Waals surface area contributed by atoms with Crippen LogP contribution in [0.15, 0.2) is 48.5 Å². The molecule has 156 valence electrons. The van der Waals surface area contributed by atoms with E-state index >= 15 is 0 Å². The maximum Gasteiger partial charge on any atom is 0.338 e. The van der Waals surface area contributed by atoms with Crippen molar-refractivity contribution in [2.75, 3.05) is 6.61 Å². The average molecular weight is 405 g/mol. The van der Waals surface area contributed by atoms with Gasteiger partial charge in [-0.2, -0.15) is 5.10 Å². The number of benzene rings is 2. The Morgan fingerprint density at radius 1 is 1.00 bits per heavy atom. The summed E-state index contributed by atoms with van der Waals surface area (Å²) in [7, 11) is 0. The van der Waals surface area contributed by atoms with E-state index in [0.717, 1.165) is 33.6 Å². The van der Waals surface area contributed by atoms with Crippen LogP contribution in [0.25, 0.3) is 0 Å². The van der Waals surface area contributed by atoms with Gasteiger partial charge in [-0.05, 0) is 50.5 Å². The van der Waals surface area contributed by atoms with Gasteiger partial charge in [-0.15, -0.1) is 0 Å². The number of esters is 1. The molecule has 1 aromatic heterocycles. The minimum atomic E-state index is -0.491. The predicted molar refractivity (Wildman–Crippen MR) is 115 cm³/mol. The van der Waals surface area contributed by atoms with Gasteiger partial charge in [0.25, 0.3) is 5.91 Å². The van der Waals surface area contributed by atoms with Gasteiger partial charge in [0.05, 0.1) is 17.8 Å². The van der Waals surface area contributed by atoms with E-state index in [0.29, 0.717) is 18.7 Å². The van der Waals surface area contributed by atoms with Crippen molar-refractivity contribution in [3.05, 3.63) is 87.7 Å². The summed E-state index contributed by atoms with van der Waals surface area (Å²) in [4.78, 5) is 24.5. The molecular weight excluding hydrogens is 378 g/mol. The van der Waals surface area contributed by atoms with E-state index in [4.69, 9.17) is 4.74 Å². The van der Waals surface area contributed by atoms with E-state index < -0.39 is 5.97 Å². The van der Waals surface area contributed by atoms with Crippen LogP contribution in [0.5, 0.6) is 0 Å². The van der Waals surface area contributed by atoms with Gasteiger partial charge in [0.2, 0.25) is 0 Å². The molecule has 1 N–H and O–H groups in total. The molecule has 0 aliphatic rings. The standard InChI is InChI=1S/C24H27N3O3/c1-16-9-8-12-21(17(16)2)24(29)30-15-23(28)25-13-22-18(3)26-27(19(22)4)14-20-10-6-5-7-11-20/h5-12H,13-15H2,1-4H3,(H,25,28). The quantitative estimate of drug-likeness (QED) is 0.609. The fraction of sp³-hybridized carbons (Fsp3) is 0.292. The van der Waals surface area contributed by atoms with Gasteiger partial charge in [-0.25, -0.2) is 4.79 Å². The Bertz CT molecular complexity index is 1060. The van der Waals surface area contributed by atoms with Gasteiger partial charge < -0.3 is 10.1 Å². The highest BCUT2D eigenvalue weighted by molar-refractivity contribution is 5.93. The van der Waals surface area contributed by atoms with Crippen LogP contribution < -0.4 is 5.32 Å². The lowest BCUT2D eigenvalue weighted by Gasteiger charge is -2.10. The molecule has 6 heteroatoms. The van der Waals surface area contributed by atoms with E-state index in [-0.39, 0.29) is 12.5 Å². The molecule has 6 nitrogen and oxygen atoms in total. The summed E-state index contributed by atoms with van der Waals surface area (Å²) in [6.45, 7) is 8.41. The van der Waals surface area contributed by atoms with Crippen molar-refractivity contribution >= 4 is 11.9 Å². The lowest BCUT2D eigenvalue weighted by atomic mass is 10.0. The highest BCUT2D eigenvalue weighted by Crippen LogP contribution is 2.15. The van der Waals surface area contributed by atoms with Crippen LogP contribution in [0.3, 0.4) is 0 Å². The first-order chi connectivity index (χ1) is 14.4. The molecule has 1 heterocycles. The molecule has 3 aromatic rings. The molecular formula is C24H27N3O3. The number of hydrogen-bond donors (Lipinski definition) is 1. The topological polar surface area (TPSA) is 73.2 Å². The van der Waals surface area contributed by atoms with Gasteiger partial charge in [-0.3, -0.25) is 9.48 Å². The average Bonchev–Trinajstić information content (AvgIpc) is 3.00. The Kier molecular flexibility index (Phi) is 6.67. The Morgan fingerprint density at radius 3 is 2.47 bits per heavy atom. The zero-order chi connectivity index (χ0) is 21.7. The monoisotopic (exact) mass is 405 g/mol. The normalized spacial score (nSPS) is 10.7. The molecule has 0 aliphatic heterocycles. The molecule has 0 atom stereocenters. The van der Waals surface area contributed by atoms with Crippen molar-refractivity contribution in [1.29, 1.82) is 0 Å². The molecule has 0 saturated carbocycles. The second-order valence-electron chi connectivity index (χ2n) is 7.39. The summed E-state index contributed by atoms with van der Waals surface area (Å²) in [6.07, 6.45) is 0. The molecule has 0 spiro atoms. The molecule has 0 bridgehead atoms. The van der Waals surface area contributed by atoms with Crippen LogP contribution >= 0.6 is 0 Å². The first-order valence-corrected chi connectivity index (χ1v) is 9.93. The summed E-state index contributed by atoms with van der Waals surface area (Å²) < 4.78 is 7.12. The predicted octanol–water partition coefficient (Wildman–Crippen LogP) is 3.64. The van der Waals surface area contributed by atoms with E-state index in [2.05, 4.69) is 22.5 Å². The molecule has 0 unspecified atom stereocenters. The van der Waals surface area contributed by atoms with Crippen molar-refractivity contribution in [2.45, 2.75) is 40.8 Å². The Labute approximate surface area is 176 Å². The van der Waals surface area contributed by atoms with Crippen molar-refractivity contribution in [2.24, 2.45) is 0 Å². The molecule has 2 aromatic carbocycles. The highest BCUT2D eigenvalue weighted by Gasteiger charge is 2.15. The number of nitrogens with zero attached hydrogens (tertiary/aromatic N) is 2. The van der Waals surface area contributed by atoms with Gasteiger partial charge >= 0.3 is 5.97 Å². The van der Waals surface area contributed by atoms with Crippen molar-refractivity contribution < 1.29 is 14.3 Å². The maximum absolute atomic E-state index is 12.3. The smallest absolute Gasteiger partial charge is 0.338 e. The second-order valence-corrected chi connectivity index (χ2v) is 7.39. The molecule has 0 saturated heterocycles. The molecule has 0 fully saturated rings. The lowest BCUT2D eigenvalue weighted by Crippen LogP contribution is -2.29. The Balaban J connectivity index is 1.56. The summed E-state index contributed by atoms with van der Waals surface area (Å²) in [6, 6.07) is 15.5.